The van der Waals surface area contributed by atoms with Crippen LogP contribution in [-0.4, -0.2) is 36.3 Å². The lowest BCUT2D eigenvalue weighted by Gasteiger charge is -2.11. The van der Waals surface area contributed by atoms with Gasteiger partial charge in [0.25, 0.3) is 11.6 Å². The number of non-ortho nitro benzene ring substituents is 1. The molecule has 26 heavy (non-hydrogen) atoms. The SMILES string of the molecule is COCCOc1cccc(NC(=S)NC(=O)c2ccc([N+](=O)[O-])cc2)c1. The molecule has 1 amide bonds. The third-order valence-corrected chi connectivity index (χ3v) is 3.42. The van der Waals surface area contributed by atoms with Crippen LogP contribution >= 0.6 is 12.2 Å². The largest absolute Gasteiger partial charge is 0.491 e. The van der Waals surface area contributed by atoms with Crippen molar-refractivity contribution in [2.45, 2.75) is 0 Å². The predicted molar refractivity (Wildman–Crippen MR) is 101 cm³/mol. The highest BCUT2D eigenvalue weighted by Crippen LogP contribution is 2.17. The molecule has 0 spiro atoms. The highest BCUT2D eigenvalue weighted by molar-refractivity contribution is 7.80. The van der Waals surface area contributed by atoms with Gasteiger partial charge in [-0.25, -0.2) is 0 Å². The number of nitro benzene ring substituents is 1. The molecule has 2 rings (SSSR count). The molecule has 9 heteroatoms. The number of anilines is 1. The summed E-state index contributed by atoms with van der Waals surface area (Å²) in [6.07, 6.45) is 0. The van der Waals surface area contributed by atoms with Gasteiger partial charge in [-0.15, -0.1) is 0 Å². The Kier molecular flexibility index (Phi) is 7.01. The van der Waals surface area contributed by atoms with Crippen LogP contribution in [0.5, 0.6) is 5.75 Å². The Bertz CT molecular complexity index is 795. The normalized spacial score (nSPS) is 10.0. The molecule has 2 N–H and O–H groups in total. The van der Waals surface area contributed by atoms with Gasteiger partial charge < -0.3 is 14.8 Å². The zero-order valence-electron chi connectivity index (χ0n) is 13.9. The van der Waals surface area contributed by atoms with E-state index in [2.05, 4.69) is 10.6 Å². The molecule has 0 unspecified atom stereocenters. The number of hydrogen-bond acceptors (Lipinski definition) is 6. The van der Waals surface area contributed by atoms with Crippen molar-refractivity contribution in [2.24, 2.45) is 0 Å². The molecule has 0 aromatic heterocycles. The average Bonchev–Trinajstić information content (AvgIpc) is 2.62. The molecule has 0 bridgehead atoms. The minimum absolute atomic E-state index is 0.0902. The molecule has 0 saturated heterocycles. The first-order valence-corrected chi connectivity index (χ1v) is 7.99. The summed E-state index contributed by atoms with van der Waals surface area (Å²) in [6.45, 7) is 0.892. The molecule has 2 aromatic carbocycles. The molecule has 8 nitrogen and oxygen atoms in total. The van der Waals surface area contributed by atoms with E-state index in [1.165, 1.54) is 24.3 Å². The number of amides is 1. The fourth-order valence-electron chi connectivity index (χ4n) is 1.98. The summed E-state index contributed by atoms with van der Waals surface area (Å²) in [6, 6.07) is 12.3. The number of carbonyl (C=O) groups excluding carboxylic acids is 1. The van der Waals surface area contributed by atoms with Gasteiger partial charge in [-0.2, -0.15) is 0 Å². The summed E-state index contributed by atoms with van der Waals surface area (Å²) in [5.74, 6) is 0.168. The number of nitro groups is 1. The molecule has 0 aliphatic heterocycles. The molecule has 0 atom stereocenters. The van der Waals surface area contributed by atoms with Gasteiger partial charge in [0.2, 0.25) is 0 Å². The van der Waals surface area contributed by atoms with E-state index >= 15 is 0 Å². The molecule has 0 heterocycles. The average molecular weight is 375 g/mol. The van der Waals surface area contributed by atoms with E-state index in [1.54, 1.807) is 31.4 Å². The maximum atomic E-state index is 12.1. The van der Waals surface area contributed by atoms with Crippen LogP contribution in [0.1, 0.15) is 10.4 Å². The molecule has 0 aliphatic carbocycles. The molecule has 0 aliphatic rings. The standard InChI is InChI=1S/C17H17N3O5S/c1-24-9-10-25-15-4-2-3-13(11-15)18-17(26)19-16(21)12-5-7-14(8-6-12)20(22)23/h2-8,11H,9-10H2,1H3,(H2,18,19,21,26). The monoisotopic (exact) mass is 375 g/mol. The lowest BCUT2D eigenvalue weighted by atomic mass is 10.2. The maximum Gasteiger partial charge on any atom is 0.269 e. The third kappa shape index (κ3) is 5.80. The van der Waals surface area contributed by atoms with Crippen molar-refractivity contribution >= 4 is 34.6 Å². The fraction of sp³-hybridized carbons (Fsp3) is 0.176. The Labute approximate surface area is 155 Å². The number of hydrogen-bond donors (Lipinski definition) is 2. The molecule has 0 saturated carbocycles. The minimum atomic E-state index is -0.532. The predicted octanol–water partition coefficient (Wildman–Crippen LogP) is 2.75. The van der Waals surface area contributed by atoms with Crippen molar-refractivity contribution in [1.82, 2.24) is 5.32 Å². The van der Waals surface area contributed by atoms with E-state index in [-0.39, 0.29) is 16.4 Å². The van der Waals surface area contributed by atoms with Crippen molar-refractivity contribution in [1.29, 1.82) is 0 Å². The van der Waals surface area contributed by atoms with Gasteiger partial charge in [-0.05, 0) is 36.5 Å². The molecule has 0 fully saturated rings. The zero-order chi connectivity index (χ0) is 18.9. The van der Waals surface area contributed by atoms with Gasteiger partial charge in [0.05, 0.1) is 11.5 Å². The summed E-state index contributed by atoms with van der Waals surface area (Å²) in [7, 11) is 1.59. The van der Waals surface area contributed by atoms with Crippen LogP contribution in [0.4, 0.5) is 11.4 Å². The Morgan fingerprint density at radius 1 is 1.19 bits per heavy atom. The van der Waals surface area contributed by atoms with E-state index in [0.29, 0.717) is 24.7 Å². The van der Waals surface area contributed by atoms with Gasteiger partial charge in [-0.3, -0.25) is 20.2 Å². The first kappa shape index (κ1) is 19.3. The second-order valence-electron chi connectivity index (χ2n) is 5.08. The van der Waals surface area contributed by atoms with Crippen molar-refractivity contribution < 1.29 is 19.2 Å². The van der Waals surface area contributed by atoms with Crippen molar-refractivity contribution in [3.05, 3.63) is 64.2 Å². The second-order valence-corrected chi connectivity index (χ2v) is 5.49. The molecule has 2 aromatic rings. The number of nitrogens with one attached hydrogen (secondary N) is 2. The van der Waals surface area contributed by atoms with E-state index in [0.717, 1.165) is 0 Å². The minimum Gasteiger partial charge on any atom is -0.491 e. The molecular weight excluding hydrogens is 358 g/mol. The van der Waals surface area contributed by atoms with Gasteiger partial charge in [0.1, 0.15) is 12.4 Å². The summed E-state index contributed by atoms with van der Waals surface area (Å²) in [5, 5.41) is 16.1. The summed E-state index contributed by atoms with van der Waals surface area (Å²) in [5.41, 5.74) is 0.817. The van der Waals surface area contributed by atoms with E-state index < -0.39 is 10.8 Å². The highest BCUT2D eigenvalue weighted by atomic mass is 32.1. The van der Waals surface area contributed by atoms with Crippen molar-refractivity contribution in [3.8, 4) is 5.75 Å². The topological polar surface area (TPSA) is 103 Å². The van der Waals surface area contributed by atoms with Crippen LogP contribution in [0.25, 0.3) is 0 Å². The van der Waals surface area contributed by atoms with Gasteiger partial charge >= 0.3 is 0 Å². The van der Waals surface area contributed by atoms with Gasteiger partial charge in [0, 0.05) is 36.6 Å². The number of nitrogens with zero attached hydrogens (tertiary/aromatic N) is 1. The first-order chi connectivity index (χ1) is 12.5. The Morgan fingerprint density at radius 2 is 1.92 bits per heavy atom. The second kappa shape index (κ2) is 9.44. The lowest BCUT2D eigenvalue weighted by Crippen LogP contribution is -2.34. The van der Waals surface area contributed by atoms with E-state index in [4.69, 9.17) is 21.7 Å². The van der Waals surface area contributed by atoms with Crippen molar-refractivity contribution in [3.63, 3.8) is 0 Å². The number of rotatable bonds is 7. The number of carbonyl (C=O) groups is 1. The van der Waals surface area contributed by atoms with Crippen LogP contribution in [0.3, 0.4) is 0 Å². The van der Waals surface area contributed by atoms with Crippen molar-refractivity contribution in [2.75, 3.05) is 25.6 Å². The summed E-state index contributed by atoms with van der Waals surface area (Å²) < 4.78 is 10.4. The summed E-state index contributed by atoms with van der Waals surface area (Å²) >= 11 is 5.12. The van der Waals surface area contributed by atoms with Gasteiger partial charge in [-0.1, -0.05) is 6.07 Å². The third-order valence-electron chi connectivity index (χ3n) is 3.22. The van der Waals surface area contributed by atoms with Crippen LogP contribution < -0.4 is 15.4 Å². The first-order valence-electron chi connectivity index (χ1n) is 7.58. The Balaban J connectivity index is 1.92. The van der Waals surface area contributed by atoms with E-state index in [1.807, 2.05) is 0 Å². The number of thiocarbonyl (C=S) groups is 1. The highest BCUT2D eigenvalue weighted by Gasteiger charge is 2.11. The van der Waals surface area contributed by atoms with E-state index in [9.17, 15) is 14.9 Å². The molecular formula is C17H17N3O5S. The van der Waals surface area contributed by atoms with Gasteiger partial charge in [0.15, 0.2) is 5.11 Å². The lowest BCUT2D eigenvalue weighted by molar-refractivity contribution is -0.384. The number of ether oxygens (including phenoxy) is 2. The van der Waals surface area contributed by atoms with Crippen LogP contribution in [0.15, 0.2) is 48.5 Å². The Morgan fingerprint density at radius 3 is 2.58 bits per heavy atom. The Hall–Kier alpha value is -3.04. The quantitative estimate of drug-likeness (QED) is 0.332. The molecule has 0 radical (unpaired) electrons. The number of benzene rings is 2. The number of methoxy groups -OCH3 is 1. The van der Waals surface area contributed by atoms with Crippen LogP contribution in [-0.2, 0) is 4.74 Å². The fourth-order valence-corrected chi connectivity index (χ4v) is 2.19. The zero-order valence-corrected chi connectivity index (χ0v) is 14.7. The van der Waals surface area contributed by atoms with Crippen LogP contribution in [0, 0.1) is 10.1 Å². The van der Waals surface area contributed by atoms with Crippen LogP contribution in [0.2, 0.25) is 0 Å². The molecule has 136 valence electrons. The summed E-state index contributed by atoms with van der Waals surface area (Å²) in [4.78, 5) is 22.2. The maximum absolute atomic E-state index is 12.1. The smallest absolute Gasteiger partial charge is 0.269 e.